The SMILES string of the molecule is c1ccc(-c2ccc(-c3nc(-c4cccc(-c5ccccc5)c4)c4cc(-n5c6ccccc6c6ccc7c8c9ccccc9ccc8n(-c8ccccc8)c7c65)ccc4n3)cc2)cc1. The minimum Gasteiger partial charge on any atom is -0.307 e. The van der Waals surface area contributed by atoms with Crippen molar-refractivity contribution in [3.8, 4) is 56.3 Å². The summed E-state index contributed by atoms with van der Waals surface area (Å²) in [6.07, 6.45) is 0. The second-order valence-electron chi connectivity index (χ2n) is 16.5. The number of hydrogen-bond acceptors (Lipinski definition) is 2. The summed E-state index contributed by atoms with van der Waals surface area (Å²) in [5.41, 5.74) is 15.2. The van der Waals surface area contributed by atoms with Gasteiger partial charge in [0.05, 0.1) is 33.3 Å². The predicted octanol–water partition coefficient (Wildman–Crippen LogP) is 15.6. The summed E-state index contributed by atoms with van der Waals surface area (Å²) in [5.74, 6) is 0.693. The molecule has 10 aromatic carbocycles. The van der Waals surface area contributed by atoms with E-state index >= 15 is 0 Å². The summed E-state index contributed by atoms with van der Waals surface area (Å²) >= 11 is 0. The van der Waals surface area contributed by atoms with E-state index < -0.39 is 0 Å². The molecule has 0 aliphatic carbocycles. The average molecular weight is 815 g/mol. The number of nitrogens with zero attached hydrogens (tertiary/aromatic N) is 4. The fourth-order valence-electron chi connectivity index (χ4n) is 9.96. The van der Waals surface area contributed by atoms with E-state index in [-0.39, 0.29) is 0 Å². The van der Waals surface area contributed by atoms with Crippen LogP contribution in [0, 0.1) is 0 Å². The first-order valence-corrected chi connectivity index (χ1v) is 21.8. The molecule has 0 unspecified atom stereocenters. The van der Waals surface area contributed by atoms with Crippen LogP contribution in [0.2, 0.25) is 0 Å². The average Bonchev–Trinajstić information content (AvgIpc) is 3.90. The highest BCUT2D eigenvalue weighted by Crippen LogP contribution is 2.44. The number of rotatable bonds is 6. The number of aromatic nitrogens is 4. The molecule has 13 rings (SSSR count). The first-order chi connectivity index (χ1) is 31.7. The minimum atomic E-state index is 0.693. The molecule has 0 radical (unpaired) electrons. The van der Waals surface area contributed by atoms with E-state index in [1.807, 2.05) is 6.07 Å². The topological polar surface area (TPSA) is 35.6 Å². The molecule has 0 fully saturated rings. The Morgan fingerprint density at radius 3 is 1.69 bits per heavy atom. The van der Waals surface area contributed by atoms with E-state index in [9.17, 15) is 0 Å². The van der Waals surface area contributed by atoms with Gasteiger partial charge in [0.1, 0.15) is 0 Å². The smallest absolute Gasteiger partial charge is 0.160 e. The van der Waals surface area contributed by atoms with Gasteiger partial charge in [-0.2, -0.15) is 0 Å². The summed E-state index contributed by atoms with van der Waals surface area (Å²) in [6, 6.07) is 82.7. The second kappa shape index (κ2) is 14.5. The Bertz CT molecular complexity index is 3920. The van der Waals surface area contributed by atoms with Crippen molar-refractivity contribution in [1.29, 1.82) is 0 Å². The summed E-state index contributed by atoms with van der Waals surface area (Å²) in [6.45, 7) is 0. The molecule has 4 nitrogen and oxygen atoms in total. The molecule has 13 aromatic rings. The van der Waals surface area contributed by atoms with Gasteiger partial charge in [-0.25, -0.2) is 9.97 Å². The Labute approximate surface area is 369 Å². The quantitative estimate of drug-likeness (QED) is 0.168. The number of benzene rings is 10. The van der Waals surface area contributed by atoms with Gasteiger partial charge in [-0.15, -0.1) is 0 Å². The van der Waals surface area contributed by atoms with Gasteiger partial charge in [0, 0.05) is 49.4 Å². The van der Waals surface area contributed by atoms with Crippen LogP contribution in [0.1, 0.15) is 0 Å². The molecule has 0 aliphatic heterocycles. The van der Waals surface area contributed by atoms with Crippen molar-refractivity contribution in [2.24, 2.45) is 0 Å². The lowest BCUT2D eigenvalue weighted by Gasteiger charge is -2.15. The van der Waals surface area contributed by atoms with Gasteiger partial charge in [0.15, 0.2) is 5.82 Å². The van der Waals surface area contributed by atoms with Crippen LogP contribution in [0.4, 0.5) is 0 Å². The molecule has 0 aliphatic rings. The molecule has 4 heteroatoms. The van der Waals surface area contributed by atoms with Crippen LogP contribution in [0.25, 0.3) is 122 Å². The van der Waals surface area contributed by atoms with Crippen molar-refractivity contribution in [2.45, 2.75) is 0 Å². The normalized spacial score (nSPS) is 11.8. The lowest BCUT2D eigenvalue weighted by molar-refractivity contribution is 1.15. The summed E-state index contributed by atoms with van der Waals surface area (Å²) in [7, 11) is 0. The monoisotopic (exact) mass is 814 g/mol. The molecule has 3 heterocycles. The highest BCUT2D eigenvalue weighted by molar-refractivity contribution is 6.28. The van der Waals surface area contributed by atoms with Gasteiger partial charge < -0.3 is 9.13 Å². The third kappa shape index (κ3) is 5.70. The van der Waals surface area contributed by atoms with Crippen molar-refractivity contribution >= 4 is 65.3 Å². The molecule has 0 spiro atoms. The minimum absolute atomic E-state index is 0.693. The largest absolute Gasteiger partial charge is 0.307 e. The summed E-state index contributed by atoms with van der Waals surface area (Å²) in [4.78, 5) is 10.8. The van der Waals surface area contributed by atoms with Crippen molar-refractivity contribution < 1.29 is 0 Å². The zero-order valence-corrected chi connectivity index (χ0v) is 34.7. The lowest BCUT2D eigenvalue weighted by Crippen LogP contribution is -2.00. The fraction of sp³-hybridized carbons (Fsp3) is 0. The molecule has 0 bridgehead atoms. The third-order valence-electron chi connectivity index (χ3n) is 12.9. The number of para-hydroxylation sites is 2. The highest BCUT2D eigenvalue weighted by Gasteiger charge is 2.23. The van der Waals surface area contributed by atoms with Crippen LogP contribution in [-0.4, -0.2) is 19.1 Å². The van der Waals surface area contributed by atoms with Crippen LogP contribution in [0.3, 0.4) is 0 Å². The van der Waals surface area contributed by atoms with Gasteiger partial charge in [0.25, 0.3) is 0 Å². The predicted molar refractivity (Wildman–Crippen MR) is 267 cm³/mol. The van der Waals surface area contributed by atoms with Crippen LogP contribution in [0.5, 0.6) is 0 Å². The Morgan fingerprint density at radius 1 is 0.297 bits per heavy atom. The zero-order valence-electron chi connectivity index (χ0n) is 34.7. The van der Waals surface area contributed by atoms with E-state index in [1.54, 1.807) is 0 Å². The molecular formula is C60H38N4. The van der Waals surface area contributed by atoms with Crippen LogP contribution in [-0.2, 0) is 0 Å². The van der Waals surface area contributed by atoms with E-state index in [4.69, 9.17) is 9.97 Å². The van der Waals surface area contributed by atoms with E-state index in [1.165, 1.54) is 48.9 Å². The number of hydrogen-bond donors (Lipinski definition) is 0. The second-order valence-corrected chi connectivity index (χ2v) is 16.5. The van der Waals surface area contributed by atoms with Gasteiger partial charge in [-0.3, -0.25) is 0 Å². The number of fused-ring (bicyclic) bond motifs is 10. The molecule has 3 aromatic heterocycles. The van der Waals surface area contributed by atoms with Gasteiger partial charge in [-0.1, -0.05) is 182 Å². The van der Waals surface area contributed by atoms with Gasteiger partial charge in [-0.05, 0) is 81.6 Å². The first kappa shape index (κ1) is 36.1. The van der Waals surface area contributed by atoms with Crippen molar-refractivity contribution in [3.05, 3.63) is 231 Å². The standard InChI is InChI=1S/C60H38N4/c1-4-15-39(16-5-1)41-27-29-43(30-28-41)60-61-53-35-32-47(38-52(53)57(62-60)45-21-14-20-44(37-45)40-17-6-2-7-18-40)64-54-26-13-12-25-49(54)50-33-34-51-56-48-24-11-10-19-42(48)31-36-55(56)63(59(51)58(50)64)46-22-8-3-9-23-46/h1-38H. The first-order valence-electron chi connectivity index (χ1n) is 21.8. The van der Waals surface area contributed by atoms with Crippen LogP contribution < -0.4 is 0 Å². The fourth-order valence-corrected chi connectivity index (χ4v) is 9.96. The van der Waals surface area contributed by atoms with E-state index in [0.717, 1.165) is 66.8 Å². The molecule has 0 amide bonds. The molecule has 64 heavy (non-hydrogen) atoms. The summed E-state index contributed by atoms with van der Waals surface area (Å²) in [5, 5.41) is 8.35. The van der Waals surface area contributed by atoms with Crippen molar-refractivity contribution in [2.75, 3.05) is 0 Å². The molecule has 0 saturated carbocycles. The van der Waals surface area contributed by atoms with E-state index in [2.05, 4.69) is 234 Å². The maximum Gasteiger partial charge on any atom is 0.160 e. The van der Waals surface area contributed by atoms with Crippen molar-refractivity contribution in [1.82, 2.24) is 19.1 Å². The van der Waals surface area contributed by atoms with Gasteiger partial charge in [0.2, 0.25) is 0 Å². The lowest BCUT2D eigenvalue weighted by atomic mass is 9.99. The molecule has 0 N–H and O–H groups in total. The molecule has 298 valence electrons. The third-order valence-corrected chi connectivity index (χ3v) is 12.9. The molecular weight excluding hydrogens is 777 g/mol. The van der Waals surface area contributed by atoms with Crippen LogP contribution in [0.15, 0.2) is 231 Å². The maximum atomic E-state index is 5.46. The Hall–Kier alpha value is -8.60. The maximum absolute atomic E-state index is 5.46. The van der Waals surface area contributed by atoms with Crippen molar-refractivity contribution in [3.63, 3.8) is 0 Å². The molecule has 0 atom stereocenters. The Kier molecular flexibility index (Phi) is 8.18. The summed E-state index contributed by atoms with van der Waals surface area (Å²) < 4.78 is 4.93. The molecule has 0 saturated heterocycles. The Balaban J connectivity index is 1.10. The van der Waals surface area contributed by atoms with Crippen LogP contribution >= 0.6 is 0 Å². The Morgan fingerprint density at radius 2 is 0.891 bits per heavy atom. The zero-order chi connectivity index (χ0) is 42.1. The highest BCUT2D eigenvalue weighted by atomic mass is 15.0. The van der Waals surface area contributed by atoms with Gasteiger partial charge >= 0.3 is 0 Å². The van der Waals surface area contributed by atoms with E-state index in [0.29, 0.717) is 5.82 Å².